The Morgan fingerprint density at radius 2 is 2.30 bits per heavy atom. The number of aromatic nitrogens is 1. The Morgan fingerprint density at radius 1 is 1.48 bits per heavy atom. The van der Waals surface area contributed by atoms with Crippen LogP contribution in [0.2, 0.25) is 5.02 Å². The Bertz CT molecular complexity index is 844. The van der Waals surface area contributed by atoms with Gasteiger partial charge < -0.3 is 9.14 Å². The molecule has 0 saturated heterocycles. The smallest absolute Gasteiger partial charge is 0.248 e. The highest BCUT2D eigenvalue weighted by atomic mass is 35.5. The lowest BCUT2D eigenvalue weighted by atomic mass is 9.84. The van der Waals surface area contributed by atoms with E-state index in [1.165, 1.54) is 6.08 Å². The summed E-state index contributed by atoms with van der Waals surface area (Å²) in [5.41, 5.74) is 2.14. The molecule has 0 spiro atoms. The van der Waals surface area contributed by atoms with Crippen LogP contribution >= 0.6 is 11.6 Å². The molecule has 2 heterocycles. The normalized spacial score (nSPS) is 19.8. The summed E-state index contributed by atoms with van der Waals surface area (Å²) < 4.78 is 34.1. The van der Waals surface area contributed by atoms with Gasteiger partial charge in [-0.15, -0.1) is 0 Å². The van der Waals surface area contributed by atoms with E-state index in [9.17, 15) is 13.6 Å². The van der Waals surface area contributed by atoms with E-state index in [-0.39, 0.29) is 24.5 Å². The average molecular weight is 396 g/mol. The zero-order chi connectivity index (χ0) is 19.4. The van der Waals surface area contributed by atoms with Crippen molar-refractivity contribution in [3.8, 4) is 0 Å². The number of carbonyl (C=O) groups is 1. The number of nitrogens with zero attached hydrogens (tertiary/aromatic N) is 1. The SMILES string of the molecule is COCCc1cc(C(=O)/C=C/CC2CCCC(F)(F)C2)c2c(Cl)cccn12. The van der Waals surface area contributed by atoms with Crippen molar-refractivity contribution in [2.45, 2.75) is 44.4 Å². The lowest BCUT2D eigenvalue weighted by Gasteiger charge is -2.28. The van der Waals surface area contributed by atoms with Crippen LogP contribution in [0.1, 0.15) is 48.2 Å². The number of carbonyl (C=O) groups excluding carboxylic acids is 1. The van der Waals surface area contributed by atoms with Gasteiger partial charge in [-0.3, -0.25) is 4.79 Å². The van der Waals surface area contributed by atoms with Gasteiger partial charge in [0.2, 0.25) is 5.92 Å². The fraction of sp³-hybridized carbons (Fsp3) is 0.476. The number of halogens is 3. The topological polar surface area (TPSA) is 30.7 Å². The Hall–Kier alpha value is -1.72. The Balaban J connectivity index is 1.77. The second-order valence-corrected chi connectivity index (χ2v) is 7.59. The van der Waals surface area contributed by atoms with Crippen LogP contribution in [0.5, 0.6) is 0 Å². The van der Waals surface area contributed by atoms with Crippen molar-refractivity contribution in [1.82, 2.24) is 4.40 Å². The fourth-order valence-corrected chi connectivity index (χ4v) is 4.07. The maximum Gasteiger partial charge on any atom is 0.248 e. The van der Waals surface area contributed by atoms with Gasteiger partial charge in [-0.1, -0.05) is 17.7 Å². The molecule has 27 heavy (non-hydrogen) atoms. The number of fused-ring (bicyclic) bond motifs is 1. The van der Waals surface area contributed by atoms with Gasteiger partial charge >= 0.3 is 0 Å². The molecule has 1 aliphatic rings. The molecule has 0 radical (unpaired) electrons. The molecule has 3 rings (SSSR count). The minimum Gasteiger partial charge on any atom is -0.384 e. The molecular formula is C21H24ClF2NO2. The summed E-state index contributed by atoms with van der Waals surface area (Å²) in [6, 6.07) is 5.42. The monoisotopic (exact) mass is 395 g/mol. The quantitative estimate of drug-likeness (QED) is 0.442. The van der Waals surface area contributed by atoms with E-state index in [1.54, 1.807) is 19.3 Å². The summed E-state index contributed by atoms with van der Waals surface area (Å²) in [4.78, 5) is 12.7. The Morgan fingerprint density at radius 3 is 3.04 bits per heavy atom. The Labute approximate surface area is 163 Å². The minimum absolute atomic E-state index is 0.0222. The van der Waals surface area contributed by atoms with Crippen LogP contribution in [0.4, 0.5) is 8.78 Å². The van der Waals surface area contributed by atoms with E-state index >= 15 is 0 Å². The minimum atomic E-state index is -2.57. The van der Waals surface area contributed by atoms with Gasteiger partial charge in [-0.2, -0.15) is 0 Å². The molecule has 146 valence electrons. The molecule has 0 N–H and O–H groups in total. The first-order chi connectivity index (χ1) is 12.9. The molecule has 0 aromatic carbocycles. The van der Waals surface area contributed by atoms with Crippen LogP contribution in [0.25, 0.3) is 5.52 Å². The maximum atomic E-state index is 13.5. The molecule has 1 atom stereocenters. The highest BCUT2D eigenvalue weighted by Crippen LogP contribution is 2.38. The number of ether oxygens (including phenoxy) is 1. The van der Waals surface area contributed by atoms with Gasteiger partial charge in [0.05, 0.1) is 17.1 Å². The van der Waals surface area contributed by atoms with Crippen molar-refractivity contribution in [3.05, 3.63) is 52.8 Å². The molecule has 1 saturated carbocycles. The summed E-state index contributed by atoms with van der Waals surface area (Å²) in [5.74, 6) is -2.79. The predicted molar refractivity (Wildman–Crippen MR) is 103 cm³/mol. The first kappa shape index (κ1) is 20.0. The second kappa shape index (κ2) is 8.53. The van der Waals surface area contributed by atoms with Gasteiger partial charge in [-0.25, -0.2) is 8.78 Å². The number of rotatable bonds is 7. The molecule has 2 aromatic rings. The number of hydrogen-bond donors (Lipinski definition) is 0. The second-order valence-electron chi connectivity index (χ2n) is 7.19. The van der Waals surface area contributed by atoms with Crippen LogP contribution in [-0.4, -0.2) is 29.8 Å². The molecule has 1 unspecified atom stereocenters. The molecule has 2 aromatic heterocycles. The molecule has 0 amide bonds. The summed E-state index contributed by atoms with van der Waals surface area (Å²) >= 11 is 6.33. The van der Waals surface area contributed by atoms with E-state index in [0.717, 1.165) is 12.1 Å². The van der Waals surface area contributed by atoms with Crippen LogP contribution in [0, 0.1) is 5.92 Å². The number of hydrogen-bond acceptors (Lipinski definition) is 2. The highest BCUT2D eigenvalue weighted by Gasteiger charge is 2.35. The van der Waals surface area contributed by atoms with Crippen LogP contribution in [-0.2, 0) is 11.2 Å². The van der Waals surface area contributed by atoms with E-state index in [1.807, 2.05) is 22.7 Å². The number of allylic oxidation sites excluding steroid dienone is 2. The largest absolute Gasteiger partial charge is 0.384 e. The van der Waals surface area contributed by atoms with Gasteiger partial charge in [0.1, 0.15) is 0 Å². The molecule has 6 heteroatoms. The first-order valence-corrected chi connectivity index (χ1v) is 9.65. The Kier molecular flexibility index (Phi) is 6.33. The van der Waals surface area contributed by atoms with Crippen molar-refractivity contribution in [2.75, 3.05) is 13.7 Å². The lowest BCUT2D eigenvalue weighted by molar-refractivity contribution is -0.0518. The van der Waals surface area contributed by atoms with Crippen molar-refractivity contribution < 1.29 is 18.3 Å². The maximum absolute atomic E-state index is 13.5. The number of alkyl halides is 2. The van der Waals surface area contributed by atoms with Gasteiger partial charge in [0, 0.05) is 43.8 Å². The summed E-state index contributed by atoms with van der Waals surface area (Å²) in [7, 11) is 1.63. The zero-order valence-corrected chi connectivity index (χ0v) is 16.1. The summed E-state index contributed by atoms with van der Waals surface area (Å²) in [5, 5.41) is 0.504. The molecule has 3 nitrogen and oxygen atoms in total. The molecule has 0 aliphatic heterocycles. The molecule has 1 aliphatic carbocycles. The van der Waals surface area contributed by atoms with Crippen LogP contribution in [0.3, 0.4) is 0 Å². The standard InChI is InChI=1S/C21H24ClF2NO2/c1-27-12-9-16-13-17(20-18(22)7-4-11-25(16)20)19(26)8-2-5-15-6-3-10-21(23,24)14-15/h2,4,7-8,11,13,15H,3,5-6,9-10,12,14H2,1H3/b8-2+. The predicted octanol–water partition coefficient (Wildman–Crippen LogP) is 5.74. The summed E-state index contributed by atoms with van der Waals surface area (Å²) in [6.07, 6.45) is 7.47. The molecule has 1 fully saturated rings. The number of ketones is 1. The molecular weight excluding hydrogens is 372 g/mol. The van der Waals surface area contributed by atoms with Gasteiger partial charge in [0.15, 0.2) is 5.78 Å². The number of pyridine rings is 1. The number of methoxy groups -OCH3 is 1. The van der Waals surface area contributed by atoms with E-state index < -0.39 is 5.92 Å². The highest BCUT2D eigenvalue weighted by molar-refractivity contribution is 6.35. The van der Waals surface area contributed by atoms with Gasteiger partial charge in [-0.05, 0) is 49.5 Å². The van der Waals surface area contributed by atoms with Crippen LogP contribution in [0.15, 0.2) is 36.5 Å². The van der Waals surface area contributed by atoms with E-state index in [2.05, 4.69) is 0 Å². The van der Waals surface area contributed by atoms with Crippen molar-refractivity contribution >= 4 is 22.9 Å². The van der Waals surface area contributed by atoms with E-state index in [4.69, 9.17) is 16.3 Å². The van der Waals surface area contributed by atoms with Crippen molar-refractivity contribution in [1.29, 1.82) is 0 Å². The third-order valence-electron chi connectivity index (χ3n) is 5.13. The lowest BCUT2D eigenvalue weighted by Crippen LogP contribution is -2.25. The van der Waals surface area contributed by atoms with Gasteiger partial charge in [0.25, 0.3) is 0 Å². The van der Waals surface area contributed by atoms with E-state index in [0.29, 0.717) is 42.0 Å². The average Bonchev–Trinajstić information content (AvgIpc) is 2.99. The van der Waals surface area contributed by atoms with Crippen LogP contribution < -0.4 is 0 Å². The third kappa shape index (κ3) is 4.77. The van der Waals surface area contributed by atoms with Crippen molar-refractivity contribution in [2.24, 2.45) is 5.92 Å². The fourth-order valence-electron chi connectivity index (χ4n) is 3.81. The third-order valence-corrected chi connectivity index (χ3v) is 5.43. The summed E-state index contributed by atoms with van der Waals surface area (Å²) in [6.45, 7) is 0.540. The zero-order valence-electron chi connectivity index (χ0n) is 15.4. The first-order valence-electron chi connectivity index (χ1n) is 9.27. The van der Waals surface area contributed by atoms with Crippen molar-refractivity contribution in [3.63, 3.8) is 0 Å². The molecule has 0 bridgehead atoms.